The van der Waals surface area contributed by atoms with Crippen molar-refractivity contribution in [2.24, 2.45) is 0 Å². The van der Waals surface area contributed by atoms with Crippen molar-refractivity contribution in [3.63, 3.8) is 0 Å². The summed E-state index contributed by atoms with van der Waals surface area (Å²) in [5, 5.41) is 9.30. The molecule has 0 aliphatic carbocycles. The largest absolute Gasteiger partial charge is 0.390 e. The number of aliphatic hydroxyl groups is 1. The normalized spacial score (nSPS) is 12.2. The van der Waals surface area contributed by atoms with Crippen molar-refractivity contribution in [3.05, 3.63) is 34.4 Å². The first-order valence-electron chi connectivity index (χ1n) is 4.76. The Morgan fingerprint density at radius 1 is 1.38 bits per heavy atom. The molecule has 1 aromatic carbocycles. The molecule has 2 aromatic rings. The lowest BCUT2D eigenvalue weighted by Crippen LogP contribution is -2.24. The molecule has 16 heavy (non-hydrogen) atoms. The average molecular weight is 290 g/mol. The lowest BCUT2D eigenvalue weighted by atomic mass is 10.1. The molecule has 0 bridgehead atoms. The van der Waals surface area contributed by atoms with Gasteiger partial charge in [-0.1, -0.05) is 15.9 Å². The summed E-state index contributed by atoms with van der Waals surface area (Å²) >= 11 is 3.30. The predicted octanol–water partition coefficient (Wildman–Crippen LogP) is 3.10. The van der Waals surface area contributed by atoms with Gasteiger partial charge >= 0.3 is 0 Å². The number of aromatic nitrogens is 1. The lowest BCUT2D eigenvalue weighted by Gasteiger charge is -2.11. The van der Waals surface area contributed by atoms with E-state index in [9.17, 15) is 8.78 Å². The second-order valence-corrected chi connectivity index (χ2v) is 4.61. The maximum atomic E-state index is 13.1. The van der Waals surface area contributed by atoms with Crippen LogP contribution in [0, 0.1) is 0 Å². The number of fused-ring (bicyclic) bond motifs is 1. The fourth-order valence-electron chi connectivity index (χ4n) is 1.63. The molecule has 0 spiro atoms. The minimum absolute atomic E-state index is 0.458. The number of aromatic amines is 1. The van der Waals surface area contributed by atoms with Crippen LogP contribution in [0.25, 0.3) is 10.9 Å². The molecule has 1 heterocycles. The van der Waals surface area contributed by atoms with E-state index in [1.165, 1.54) is 0 Å². The van der Waals surface area contributed by atoms with Crippen LogP contribution < -0.4 is 0 Å². The third-order valence-corrected chi connectivity index (χ3v) is 2.90. The van der Waals surface area contributed by atoms with E-state index in [1.54, 1.807) is 12.3 Å². The first-order valence-corrected chi connectivity index (χ1v) is 5.55. The van der Waals surface area contributed by atoms with Crippen LogP contribution in [0.1, 0.15) is 5.56 Å². The molecule has 86 valence electrons. The standard InChI is InChI=1S/C11H10BrF2NO/c12-8-1-2-10-9(3-8)7(5-15-10)4-11(13,14)6-16/h1-3,5,15-16H,4,6H2. The molecule has 5 heteroatoms. The number of nitrogens with one attached hydrogen (secondary N) is 1. The topological polar surface area (TPSA) is 36.0 Å². The maximum absolute atomic E-state index is 13.1. The summed E-state index contributed by atoms with van der Waals surface area (Å²) in [5.41, 5.74) is 1.32. The van der Waals surface area contributed by atoms with Crippen LogP contribution >= 0.6 is 15.9 Å². The fraction of sp³-hybridized carbons (Fsp3) is 0.273. The number of aliphatic hydroxyl groups excluding tert-OH is 1. The van der Waals surface area contributed by atoms with Crippen LogP contribution in [-0.4, -0.2) is 22.6 Å². The number of halogens is 3. The van der Waals surface area contributed by atoms with Gasteiger partial charge in [0.1, 0.15) is 6.61 Å². The number of hydrogen-bond donors (Lipinski definition) is 2. The summed E-state index contributed by atoms with van der Waals surface area (Å²) in [6.45, 7) is -1.13. The minimum Gasteiger partial charge on any atom is -0.390 e. The van der Waals surface area contributed by atoms with Crippen molar-refractivity contribution in [1.29, 1.82) is 0 Å². The van der Waals surface area contributed by atoms with Gasteiger partial charge in [0, 0.05) is 28.0 Å². The van der Waals surface area contributed by atoms with Crippen LogP contribution in [0.2, 0.25) is 0 Å². The van der Waals surface area contributed by atoms with E-state index in [2.05, 4.69) is 20.9 Å². The average Bonchev–Trinajstić information content (AvgIpc) is 2.61. The molecule has 2 N–H and O–H groups in total. The fourth-order valence-corrected chi connectivity index (χ4v) is 1.99. The highest BCUT2D eigenvalue weighted by Gasteiger charge is 2.29. The quantitative estimate of drug-likeness (QED) is 0.895. The highest BCUT2D eigenvalue weighted by Crippen LogP contribution is 2.27. The zero-order valence-electron chi connectivity index (χ0n) is 8.30. The molecule has 0 saturated heterocycles. The molecule has 0 aliphatic heterocycles. The minimum atomic E-state index is -3.07. The van der Waals surface area contributed by atoms with E-state index in [0.717, 1.165) is 15.4 Å². The van der Waals surface area contributed by atoms with E-state index in [-0.39, 0.29) is 0 Å². The highest BCUT2D eigenvalue weighted by atomic mass is 79.9. The first-order chi connectivity index (χ1) is 7.52. The Balaban J connectivity index is 2.41. The first kappa shape index (κ1) is 11.5. The Bertz CT molecular complexity index is 510. The molecule has 0 saturated carbocycles. The molecular formula is C11H10BrF2NO. The van der Waals surface area contributed by atoms with E-state index in [4.69, 9.17) is 5.11 Å². The zero-order chi connectivity index (χ0) is 11.8. The molecule has 0 fully saturated rings. The summed E-state index contributed by atoms with van der Waals surface area (Å²) in [6, 6.07) is 5.45. The Morgan fingerprint density at radius 2 is 2.12 bits per heavy atom. The van der Waals surface area contributed by atoms with Crippen molar-refractivity contribution in [3.8, 4) is 0 Å². The monoisotopic (exact) mass is 289 g/mol. The van der Waals surface area contributed by atoms with Gasteiger partial charge in [-0.2, -0.15) is 0 Å². The molecule has 0 radical (unpaired) electrons. The lowest BCUT2D eigenvalue weighted by molar-refractivity contribution is -0.0485. The van der Waals surface area contributed by atoms with Crippen molar-refractivity contribution in [2.75, 3.05) is 6.61 Å². The molecule has 0 amide bonds. The van der Waals surface area contributed by atoms with Crippen LogP contribution in [0.3, 0.4) is 0 Å². The summed E-state index contributed by atoms with van der Waals surface area (Å²) in [6.07, 6.45) is 1.10. The van der Waals surface area contributed by atoms with Gasteiger partial charge in [-0.3, -0.25) is 0 Å². The Kier molecular flexibility index (Phi) is 2.99. The summed E-state index contributed by atoms with van der Waals surface area (Å²) in [4.78, 5) is 2.93. The van der Waals surface area contributed by atoms with E-state index < -0.39 is 19.0 Å². The number of alkyl halides is 2. The summed E-state index contributed by atoms with van der Waals surface area (Å²) < 4.78 is 27.0. The van der Waals surface area contributed by atoms with Crippen molar-refractivity contribution < 1.29 is 13.9 Å². The predicted molar refractivity (Wildman–Crippen MR) is 61.7 cm³/mol. The van der Waals surface area contributed by atoms with Gasteiger partial charge in [-0.05, 0) is 23.8 Å². The van der Waals surface area contributed by atoms with Crippen molar-refractivity contribution >= 4 is 26.8 Å². The van der Waals surface area contributed by atoms with E-state index >= 15 is 0 Å². The number of benzene rings is 1. The van der Waals surface area contributed by atoms with Gasteiger partial charge in [-0.15, -0.1) is 0 Å². The Morgan fingerprint density at radius 3 is 2.81 bits per heavy atom. The van der Waals surface area contributed by atoms with Gasteiger partial charge < -0.3 is 10.1 Å². The van der Waals surface area contributed by atoms with Crippen LogP contribution in [0.5, 0.6) is 0 Å². The molecule has 0 aliphatic rings. The van der Waals surface area contributed by atoms with Gasteiger partial charge in [0.05, 0.1) is 0 Å². The number of hydrogen-bond acceptors (Lipinski definition) is 1. The van der Waals surface area contributed by atoms with Crippen molar-refractivity contribution in [1.82, 2.24) is 4.98 Å². The molecule has 2 rings (SSSR count). The molecule has 1 aromatic heterocycles. The van der Waals surface area contributed by atoms with Gasteiger partial charge in [0.25, 0.3) is 5.92 Å². The highest BCUT2D eigenvalue weighted by molar-refractivity contribution is 9.10. The number of rotatable bonds is 3. The van der Waals surface area contributed by atoms with Crippen LogP contribution in [0.15, 0.2) is 28.9 Å². The van der Waals surface area contributed by atoms with E-state index in [1.807, 2.05) is 12.1 Å². The second-order valence-electron chi connectivity index (χ2n) is 3.69. The van der Waals surface area contributed by atoms with Crippen molar-refractivity contribution in [2.45, 2.75) is 12.3 Å². The summed E-state index contributed by atoms with van der Waals surface area (Å²) in [5.74, 6) is -3.07. The Labute approximate surface area is 99.4 Å². The third kappa shape index (κ3) is 2.25. The molecule has 2 nitrogen and oxygen atoms in total. The van der Waals surface area contributed by atoms with Gasteiger partial charge in [0.15, 0.2) is 0 Å². The van der Waals surface area contributed by atoms with Crippen LogP contribution in [-0.2, 0) is 6.42 Å². The molecule has 0 unspecified atom stereocenters. The third-order valence-electron chi connectivity index (χ3n) is 2.41. The summed E-state index contributed by atoms with van der Waals surface area (Å²) in [7, 11) is 0. The van der Waals surface area contributed by atoms with Crippen LogP contribution in [0.4, 0.5) is 8.78 Å². The smallest absolute Gasteiger partial charge is 0.274 e. The second kappa shape index (κ2) is 4.14. The maximum Gasteiger partial charge on any atom is 0.274 e. The molecule has 0 atom stereocenters. The molecular weight excluding hydrogens is 280 g/mol. The SMILES string of the molecule is OCC(F)(F)Cc1c[nH]c2ccc(Br)cc12. The zero-order valence-corrected chi connectivity index (χ0v) is 9.89. The van der Waals surface area contributed by atoms with E-state index in [0.29, 0.717) is 5.56 Å². The Hall–Kier alpha value is -0.940. The number of H-pyrrole nitrogens is 1. The van der Waals surface area contributed by atoms with Gasteiger partial charge in [0.2, 0.25) is 0 Å². The van der Waals surface area contributed by atoms with Gasteiger partial charge in [-0.25, -0.2) is 8.78 Å².